The van der Waals surface area contributed by atoms with Crippen molar-refractivity contribution < 1.29 is 13.9 Å². The van der Waals surface area contributed by atoms with E-state index in [4.69, 9.17) is 4.74 Å². The first-order valence-corrected chi connectivity index (χ1v) is 10.9. The Morgan fingerprint density at radius 3 is 2.42 bits per heavy atom. The van der Waals surface area contributed by atoms with Gasteiger partial charge in [-0.3, -0.25) is 14.7 Å². The average Bonchev–Trinajstić information content (AvgIpc) is 2.77. The van der Waals surface area contributed by atoms with Crippen LogP contribution in [0.4, 0.5) is 4.39 Å². The van der Waals surface area contributed by atoms with Crippen LogP contribution in [0, 0.1) is 5.82 Å². The lowest BCUT2D eigenvalue weighted by Crippen LogP contribution is -2.55. The van der Waals surface area contributed by atoms with Gasteiger partial charge in [0.05, 0.1) is 13.1 Å². The Bertz CT molecular complexity index is 722. The van der Waals surface area contributed by atoms with Gasteiger partial charge in [-0.1, -0.05) is 12.1 Å². The van der Waals surface area contributed by atoms with Crippen molar-refractivity contribution in [1.82, 2.24) is 20.0 Å². The Kier molecular flexibility index (Phi) is 10.8. The number of ether oxygens (including phenoxy) is 1. The maximum absolute atomic E-state index is 13.7. The van der Waals surface area contributed by atoms with Crippen LogP contribution in [0.2, 0.25) is 0 Å². The molecule has 2 heterocycles. The predicted molar refractivity (Wildman–Crippen MR) is 132 cm³/mol. The van der Waals surface area contributed by atoms with Gasteiger partial charge in [-0.25, -0.2) is 4.39 Å². The van der Waals surface area contributed by atoms with Gasteiger partial charge in [0.1, 0.15) is 6.10 Å². The second-order valence-electron chi connectivity index (χ2n) is 7.99. The number of guanidine groups is 1. The summed E-state index contributed by atoms with van der Waals surface area (Å²) in [5.74, 6) is 0.962. The number of halogens is 2. The van der Waals surface area contributed by atoms with Crippen LogP contribution >= 0.6 is 24.0 Å². The predicted octanol–water partition coefficient (Wildman–Crippen LogP) is 2.42. The molecule has 9 heteroatoms. The summed E-state index contributed by atoms with van der Waals surface area (Å²) >= 11 is 0. The molecule has 1 N–H and O–H groups in total. The van der Waals surface area contributed by atoms with Crippen LogP contribution in [0.25, 0.3) is 0 Å². The second-order valence-corrected chi connectivity index (χ2v) is 7.99. The number of aliphatic imine (C=N–C) groups is 1. The molecule has 2 saturated heterocycles. The van der Waals surface area contributed by atoms with E-state index in [0.717, 1.165) is 58.1 Å². The number of nitrogens with one attached hydrogen (secondary N) is 1. The van der Waals surface area contributed by atoms with E-state index in [-0.39, 0.29) is 47.6 Å². The first kappa shape index (κ1) is 25.6. The number of para-hydroxylation sites is 1. The molecule has 0 saturated carbocycles. The van der Waals surface area contributed by atoms with Crippen molar-refractivity contribution in [1.29, 1.82) is 0 Å². The van der Waals surface area contributed by atoms with Gasteiger partial charge in [-0.2, -0.15) is 0 Å². The Balaban J connectivity index is 0.00000341. The highest BCUT2D eigenvalue weighted by molar-refractivity contribution is 14.0. The number of carbonyl (C=O) groups is 1. The molecular formula is C22H35FIN5O2. The van der Waals surface area contributed by atoms with Crippen molar-refractivity contribution in [3.05, 3.63) is 30.1 Å². The maximum atomic E-state index is 13.7. The molecule has 1 amide bonds. The van der Waals surface area contributed by atoms with E-state index in [1.54, 1.807) is 25.2 Å². The third kappa shape index (κ3) is 7.78. The summed E-state index contributed by atoms with van der Waals surface area (Å²) < 4.78 is 19.4. The van der Waals surface area contributed by atoms with Crippen LogP contribution in [-0.4, -0.2) is 92.1 Å². The van der Waals surface area contributed by atoms with E-state index in [0.29, 0.717) is 13.1 Å². The highest BCUT2D eigenvalue weighted by Crippen LogP contribution is 2.17. The molecule has 31 heavy (non-hydrogen) atoms. The van der Waals surface area contributed by atoms with E-state index in [2.05, 4.69) is 20.1 Å². The highest BCUT2D eigenvalue weighted by atomic mass is 127. The Morgan fingerprint density at radius 2 is 1.77 bits per heavy atom. The summed E-state index contributed by atoms with van der Waals surface area (Å²) in [6.07, 6.45) is 3.28. The first-order valence-electron chi connectivity index (χ1n) is 10.9. The van der Waals surface area contributed by atoms with Gasteiger partial charge in [0, 0.05) is 46.3 Å². The number of amides is 1. The number of piperidine rings is 1. The minimum atomic E-state index is -0.357. The number of piperazine rings is 1. The number of benzene rings is 1. The molecule has 0 radical (unpaired) electrons. The maximum Gasteiger partial charge on any atom is 0.236 e. The number of rotatable bonds is 6. The van der Waals surface area contributed by atoms with E-state index in [1.807, 2.05) is 11.8 Å². The topological polar surface area (TPSA) is 60.4 Å². The summed E-state index contributed by atoms with van der Waals surface area (Å²) in [6, 6.07) is 6.43. The van der Waals surface area contributed by atoms with Crippen molar-refractivity contribution >= 4 is 35.8 Å². The summed E-state index contributed by atoms with van der Waals surface area (Å²) in [5.41, 5.74) is 0. The molecule has 1 aromatic rings. The van der Waals surface area contributed by atoms with Crippen molar-refractivity contribution in [2.45, 2.75) is 32.3 Å². The van der Waals surface area contributed by atoms with Gasteiger partial charge < -0.3 is 19.9 Å². The summed E-state index contributed by atoms with van der Waals surface area (Å²) in [6.45, 7) is 8.04. The normalized spacial score (nSPS) is 18.9. The summed E-state index contributed by atoms with van der Waals surface area (Å²) in [4.78, 5) is 23.3. The first-order chi connectivity index (χ1) is 14.6. The second kappa shape index (κ2) is 13.0. The van der Waals surface area contributed by atoms with Gasteiger partial charge in [0.2, 0.25) is 5.91 Å². The largest absolute Gasteiger partial charge is 0.486 e. The number of carbonyl (C=O) groups excluding carboxylic acids is 1. The number of hydrogen-bond donors (Lipinski definition) is 1. The quantitative estimate of drug-likeness (QED) is 0.337. The Hall–Kier alpha value is -1.62. The average molecular weight is 547 g/mol. The third-order valence-corrected chi connectivity index (χ3v) is 5.66. The zero-order valence-electron chi connectivity index (χ0n) is 18.6. The van der Waals surface area contributed by atoms with E-state index < -0.39 is 0 Å². The van der Waals surface area contributed by atoms with Crippen LogP contribution in [0.3, 0.4) is 0 Å². The lowest BCUT2D eigenvalue weighted by molar-refractivity contribution is -0.133. The third-order valence-electron chi connectivity index (χ3n) is 5.66. The fourth-order valence-electron chi connectivity index (χ4n) is 3.92. The Morgan fingerprint density at radius 1 is 1.10 bits per heavy atom. The zero-order chi connectivity index (χ0) is 21.3. The van der Waals surface area contributed by atoms with Crippen LogP contribution in [0.15, 0.2) is 29.3 Å². The summed E-state index contributed by atoms with van der Waals surface area (Å²) in [7, 11) is 1.76. The van der Waals surface area contributed by atoms with Crippen molar-refractivity contribution in [3.8, 4) is 5.75 Å². The van der Waals surface area contributed by atoms with Gasteiger partial charge in [0.25, 0.3) is 0 Å². The molecule has 2 aliphatic rings. The van der Waals surface area contributed by atoms with Crippen LogP contribution in [0.1, 0.15) is 26.2 Å². The fourth-order valence-corrected chi connectivity index (χ4v) is 3.92. The minimum absolute atomic E-state index is 0. The van der Waals surface area contributed by atoms with Gasteiger partial charge in [0.15, 0.2) is 17.5 Å². The molecule has 1 unspecified atom stereocenters. The highest BCUT2D eigenvalue weighted by Gasteiger charge is 2.24. The monoisotopic (exact) mass is 547 g/mol. The lowest BCUT2D eigenvalue weighted by Gasteiger charge is -2.37. The molecule has 1 aromatic carbocycles. The zero-order valence-corrected chi connectivity index (χ0v) is 20.9. The SMILES string of the molecule is CN=C(NCC(C)Oc1ccccc1F)N1CCN(CC(=O)N2CCCCC2)CC1.I. The van der Waals surface area contributed by atoms with Crippen LogP contribution in [-0.2, 0) is 4.79 Å². The van der Waals surface area contributed by atoms with E-state index in [1.165, 1.54) is 12.5 Å². The molecule has 2 aliphatic heterocycles. The molecule has 174 valence electrons. The van der Waals surface area contributed by atoms with Crippen molar-refractivity contribution in [2.24, 2.45) is 4.99 Å². The molecule has 3 rings (SSSR count). The molecule has 2 fully saturated rings. The summed E-state index contributed by atoms with van der Waals surface area (Å²) in [5, 5.41) is 3.32. The van der Waals surface area contributed by atoms with E-state index >= 15 is 0 Å². The number of hydrogen-bond acceptors (Lipinski definition) is 4. The standard InChI is InChI=1S/C22H34FN5O2.HI/c1-18(30-20-9-5-4-8-19(20)23)16-25-22(24-2)28-14-12-26(13-15-28)17-21(29)27-10-6-3-7-11-27;/h4-5,8-9,18H,3,6-7,10-17H2,1-2H3,(H,24,25);1H. The number of nitrogens with zero attached hydrogens (tertiary/aromatic N) is 4. The molecular weight excluding hydrogens is 512 g/mol. The smallest absolute Gasteiger partial charge is 0.236 e. The van der Waals surface area contributed by atoms with Gasteiger partial charge in [-0.05, 0) is 38.3 Å². The van der Waals surface area contributed by atoms with Crippen LogP contribution in [0.5, 0.6) is 5.75 Å². The molecule has 0 bridgehead atoms. The lowest BCUT2D eigenvalue weighted by atomic mass is 10.1. The Labute approximate surface area is 202 Å². The van der Waals surface area contributed by atoms with Gasteiger partial charge >= 0.3 is 0 Å². The molecule has 7 nitrogen and oxygen atoms in total. The van der Waals surface area contributed by atoms with Crippen LogP contribution < -0.4 is 10.1 Å². The van der Waals surface area contributed by atoms with Crippen molar-refractivity contribution in [2.75, 3.05) is 59.4 Å². The van der Waals surface area contributed by atoms with Crippen molar-refractivity contribution in [3.63, 3.8) is 0 Å². The minimum Gasteiger partial charge on any atom is -0.486 e. The van der Waals surface area contributed by atoms with Gasteiger partial charge in [-0.15, -0.1) is 24.0 Å². The molecule has 0 spiro atoms. The molecule has 1 atom stereocenters. The molecule has 0 aromatic heterocycles. The number of likely N-dealkylation sites (tertiary alicyclic amines) is 1. The van der Waals surface area contributed by atoms with E-state index in [9.17, 15) is 9.18 Å². The molecule has 0 aliphatic carbocycles. The fraction of sp³-hybridized carbons (Fsp3) is 0.636.